The molecule has 1 N–H and O–H groups in total. The van der Waals surface area contributed by atoms with Crippen molar-refractivity contribution in [3.63, 3.8) is 0 Å². The van der Waals surface area contributed by atoms with Crippen molar-refractivity contribution in [1.29, 1.82) is 0 Å². The Hall–Kier alpha value is -0.570. The molecule has 0 aromatic carbocycles. The molecule has 1 aliphatic carbocycles. The molecule has 0 bridgehead atoms. The summed E-state index contributed by atoms with van der Waals surface area (Å²) in [6.07, 6.45) is 3.47. The van der Waals surface area contributed by atoms with E-state index in [-0.39, 0.29) is 0 Å². The van der Waals surface area contributed by atoms with E-state index in [1.165, 1.54) is 20.3 Å². The van der Waals surface area contributed by atoms with Crippen LogP contribution < -0.4 is 0 Å². The van der Waals surface area contributed by atoms with Crippen LogP contribution in [0.2, 0.25) is 0 Å². The molecule has 0 radical (unpaired) electrons. The van der Waals surface area contributed by atoms with Crippen molar-refractivity contribution in [2.75, 3.05) is 6.61 Å². The highest BCUT2D eigenvalue weighted by atomic mass is 16.5. The minimum absolute atomic E-state index is 0.458. The topological polar surface area (TPSA) is 46.5 Å². The lowest BCUT2D eigenvalue weighted by Gasteiger charge is -2.32. The van der Waals surface area contributed by atoms with Crippen LogP contribution in [0, 0.1) is 17.8 Å². The Labute approximate surface area is 98.2 Å². The van der Waals surface area contributed by atoms with E-state index < -0.39 is 11.6 Å². The molecule has 0 aromatic heterocycles. The molecule has 0 amide bonds. The molecule has 0 aromatic rings. The van der Waals surface area contributed by atoms with Crippen LogP contribution in [0.5, 0.6) is 0 Å². The zero-order valence-electron chi connectivity index (χ0n) is 10.8. The summed E-state index contributed by atoms with van der Waals surface area (Å²) in [4.78, 5) is 11.4. The third-order valence-electron chi connectivity index (χ3n) is 3.66. The van der Waals surface area contributed by atoms with Crippen LogP contribution >= 0.6 is 0 Å². The van der Waals surface area contributed by atoms with Gasteiger partial charge in [-0.3, -0.25) is 0 Å². The van der Waals surface area contributed by atoms with Gasteiger partial charge < -0.3 is 9.84 Å². The second-order valence-electron chi connectivity index (χ2n) is 5.79. The number of aliphatic hydroxyl groups is 1. The van der Waals surface area contributed by atoms with Crippen LogP contribution in [-0.2, 0) is 9.53 Å². The van der Waals surface area contributed by atoms with Crippen molar-refractivity contribution in [3.8, 4) is 0 Å². The zero-order chi connectivity index (χ0) is 12.3. The molecule has 1 saturated carbocycles. The van der Waals surface area contributed by atoms with Gasteiger partial charge in [0.1, 0.15) is 0 Å². The van der Waals surface area contributed by atoms with E-state index >= 15 is 0 Å². The highest BCUT2D eigenvalue weighted by Gasteiger charge is 2.29. The third-order valence-corrected chi connectivity index (χ3v) is 3.66. The molecule has 16 heavy (non-hydrogen) atoms. The average Bonchev–Trinajstić information content (AvgIpc) is 2.18. The fourth-order valence-corrected chi connectivity index (χ4v) is 2.18. The first-order valence-corrected chi connectivity index (χ1v) is 6.20. The van der Waals surface area contributed by atoms with E-state index in [4.69, 9.17) is 4.74 Å². The smallest absolute Gasteiger partial charge is 0.337 e. The predicted molar refractivity (Wildman–Crippen MR) is 62.9 cm³/mol. The standard InChI is InChI=1S/C13H24O3/c1-9-5-6-11(7-10(9)2)8-16-12(14)13(3,4)15/h9-11,15H,5-8H2,1-4H3. The van der Waals surface area contributed by atoms with Crippen LogP contribution in [0.3, 0.4) is 0 Å². The van der Waals surface area contributed by atoms with Gasteiger partial charge in [0.25, 0.3) is 0 Å². The maximum absolute atomic E-state index is 11.4. The minimum atomic E-state index is -1.37. The van der Waals surface area contributed by atoms with Gasteiger partial charge in [-0.2, -0.15) is 0 Å². The average molecular weight is 228 g/mol. The van der Waals surface area contributed by atoms with Gasteiger partial charge in [-0.25, -0.2) is 4.79 Å². The molecule has 0 saturated heterocycles. The van der Waals surface area contributed by atoms with Gasteiger partial charge in [0, 0.05) is 0 Å². The van der Waals surface area contributed by atoms with E-state index in [9.17, 15) is 9.90 Å². The van der Waals surface area contributed by atoms with Gasteiger partial charge in [0.2, 0.25) is 0 Å². The molecule has 0 spiro atoms. The lowest BCUT2D eigenvalue weighted by Crippen LogP contribution is -2.35. The SMILES string of the molecule is CC1CCC(COC(=O)C(C)(C)O)CC1C. The van der Waals surface area contributed by atoms with E-state index in [1.807, 2.05) is 0 Å². The van der Waals surface area contributed by atoms with Gasteiger partial charge in [-0.1, -0.05) is 20.3 Å². The second kappa shape index (κ2) is 5.17. The molecule has 94 valence electrons. The molecule has 1 aliphatic rings. The Morgan fingerprint density at radius 3 is 2.44 bits per heavy atom. The van der Waals surface area contributed by atoms with Crippen molar-refractivity contribution in [1.82, 2.24) is 0 Å². The summed E-state index contributed by atoms with van der Waals surface area (Å²) in [7, 11) is 0. The molecule has 3 heteroatoms. The van der Waals surface area contributed by atoms with Crippen molar-refractivity contribution >= 4 is 5.97 Å². The summed E-state index contributed by atoms with van der Waals surface area (Å²) in [6.45, 7) is 7.92. The molecular formula is C13H24O3. The van der Waals surface area contributed by atoms with E-state index in [0.29, 0.717) is 18.4 Å². The monoisotopic (exact) mass is 228 g/mol. The van der Waals surface area contributed by atoms with Crippen LogP contribution in [-0.4, -0.2) is 23.3 Å². The summed E-state index contributed by atoms with van der Waals surface area (Å²) in [5.41, 5.74) is -1.37. The first kappa shape index (κ1) is 13.5. The maximum atomic E-state index is 11.4. The fraction of sp³-hybridized carbons (Fsp3) is 0.923. The summed E-state index contributed by atoms with van der Waals surface area (Å²) < 4.78 is 5.14. The molecule has 0 heterocycles. The lowest BCUT2D eigenvalue weighted by atomic mass is 9.76. The minimum Gasteiger partial charge on any atom is -0.463 e. The van der Waals surface area contributed by atoms with Gasteiger partial charge in [0.05, 0.1) is 6.61 Å². The summed E-state index contributed by atoms with van der Waals surface area (Å²) in [5.74, 6) is 1.44. The van der Waals surface area contributed by atoms with Crippen molar-refractivity contribution in [2.24, 2.45) is 17.8 Å². The maximum Gasteiger partial charge on any atom is 0.337 e. The van der Waals surface area contributed by atoms with Crippen molar-refractivity contribution in [3.05, 3.63) is 0 Å². The second-order valence-corrected chi connectivity index (χ2v) is 5.79. The number of esters is 1. The zero-order valence-corrected chi connectivity index (χ0v) is 10.8. The Morgan fingerprint density at radius 1 is 1.31 bits per heavy atom. The molecule has 1 fully saturated rings. The normalized spacial score (nSPS) is 31.2. The number of carbonyl (C=O) groups excluding carboxylic acids is 1. The van der Waals surface area contributed by atoms with Crippen molar-refractivity contribution < 1.29 is 14.6 Å². The first-order chi connectivity index (χ1) is 7.30. The Kier molecular flexibility index (Phi) is 4.36. The number of hydrogen-bond donors (Lipinski definition) is 1. The number of hydrogen-bond acceptors (Lipinski definition) is 3. The predicted octanol–water partition coefficient (Wildman–Crippen LogP) is 2.37. The van der Waals surface area contributed by atoms with Crippen LogP contribution in [0.1, 0.15) is 47.0 Å². The summed E-state index contributed by atoms with van der Waals surface area (Å²) in [6, 6.07) is 0. The summed E-state index contributed by atoms with van der Waals surface area (Å²) in [5, 5.41) is 9.44. The van der Waals surface area contributed by atoms with Crippen LogP contribution in [0.15, 0.2) is 0 Å². The van der Waals surface area contributed by atoms with Gasteiger partial charge >= 0.3 is 5.97 Å². The highest BCUT2D eigenvalue weighted by Crippen LogP contribution is 2.33. The van der Waals surface area contributed by atoms with E-state index in [1.54, 1.807) is 0 Å². The molecule has 1 rings (SSSR count). The number of rotatable bonds is 3. The largest absolute Gasteiger partial charge is 0.463 e. The Balaban J connectivity index is 2.32. The first-order valence-electron chi connectivity index (χ1n) is 6.20. The molecule has 3 nitrogen and oxygen atoms in total. The van der Waals surface area contributed by atoms with E-state index in [0.717, 1.165) is 18.8 Å². The molecule has 3 atom stereocenters. The van der Waals surface area contributed by atoms with Gasteiger partial charge in [0.15, 0.2) is 5.60 Å². The van der Waals surface area contributed by atoms with Gasteiger partial charge in [-0.05, 0) is 44.4 Å². The fourth-order valence-electron chi connectivity index (χ4n) is 2.18. The van der Waals surface area contributed by atoms with Gasteiger partial charge in [-0.15, -0.1) is 0 Å². The third kappa shape index (κ3) is 3.78. The van der Waals surface area contributed by atoms with E-state index in [2.05, 4.69) is 13.8 Å². The lowest BCUT2D eigenvalue weighted by molar-refractivity contribution is -0.163. The number of ether oxygens (including phenoxy) is 1. The molecule has 3 unspecified atom stereocenters. The Morgan fingerprint density at radius 2 is 1.94 bits per heavy atom. The Bertz CT molecular complexity index is 242. The van der Waals surface area contributed by atoms with Crippen LogP contribution in [0.25, 0.3) is 0 Å². The highest BCUT2D eigenvalue weighted by molar-refractivity contribution is 5.78. The molecule has 0 aliphatic heterocycles. The quantitative estimate of drug-likeness (QED) is 0.754. The van der Waals surface area contributed by atoms with Crippen LogP contribution in [0.4, 0.5) is 0 Å². The van der Waals surface area contributed by atoms with Crippen molar-refractivity contribution in [2.45, 2.75) is 52.6 Å². The molecular weight excluding hydrogens is 204 g/mol. The summed E-state index contributed by atoms with van der Waals surface area (Å²) >= 11 is 0. The number of carbonyl (C=O) groups is 1.